The molecule has 2 N–H and O–H groups in total. The highest BCUT2D eigenvalue weighted by atomic mass is 127. The van der Waals surface area contributed by atoms with E-state index < -0.39 is 0 Å². The van der Waals surface area contributed by atoms with E-state index in [0.717, 1.165) is 30.5 Å². The standard InChI is InChI=1S/C13H16ClN3.HI/c14-10-4-2-9(3-5-10)11-8-12(11)17-13-15-6-1-7-16-13;/h2-5,11-12H,1,6-8H2,(H2,15,16,17);1H/t11-,12+;/m0./s1. The van der Waals surface area contributed by atoms with Crippen LogP contribution in [0.25, 0.3) is 0 Å². The summed E-state index contributed by atoms with van der Waals surface area (Å²) in [6.45, 7) is 1.97. The van der Waals surface area contributed by atoms with Gasteiger partial charge in [0, 0.05) is 30.1 Å². The van der Waals surface area contributed by atoms with E-state index in [-0.39, 0.29) is 24.0 Å². The Morgan fingerprint density at radius 2 is 2.06 bits per heavy atom. The predicted molar refractivity (Wildman–Crippen MR) is 86.1 cm³/mol. The van der Waals surface area contributed by atoms with Gasteiger partial charge in [0.25, 0.3) is 0 Å². The molecule has 0 unspecified atom stereocenters. The number of nitrogens with zero attached hydrogens (tertiary/aromatic N) is 1. The second-order valence-corrected chi connectivity index (χ2v) is 5.09. The molecule has 1 aliphatic heterocycles. The molecular formula is C13H17ClIN3. The van der Waals surface area contributed by atoms with Crippen molar-refractivity contribution in [1.29, 1.82) is 0 Å². The highest BCUT2D eigenvalue weighted by molar-refractivity contribution is 14.0. The number of halogens is 2. The lowest BCUT2D eigenvalue weighted by atomic mass is 10.1. The summed E-state index contributed by atoms with van der Waals surface area (Å²) in [5.74, 6) is 1.58. The lowest BCUT2D eigenvalue weighted by Gasteiger charge is -2.16. The van der Waals surface area contributed by atoms with Crippen molar-refractivity contribution in [3.63, 3.8) is 0 Å². The first-order valence-electron chi connectivity index (χ1n) is 6.13. The fourth-order valence-electron chi connectivity index (χ4n) is 2.24. The number of guanidine groups is 1. The molecule has 1 saturated carbocycles. The van der Waals surface area contributed by atoms with E-state index in [0.29, 0.717) is 12.0 Å². The van der Waals surface area contributed by atoms with Crippen LogP contribution in [0.3, 0.4) is 0 Å². The molecule has 2 aliphatic rings. The Morgan fingerprint density at radius 1 is 1.28 bits per heavy atom. The second-order valence-electron chi connectivity index (χ2n) is 4.66. The SMILES string of the molecule is Clc1ccc([C@@H]2C[C@H]2NC2=NCCCN2)cc1.I. The van der Waals surface area contributed by atoms with Gasteiger partial charge in [0.15, 0.2) is 5.96 Å². The van der Waals surface area contributed by atoms with Gasteiger partial charge < -0.3 is 10.6 Å². The number of benzene rings is 1. The monoisotopic (exact) mass is 377 g/mol. The van der Waals surface area contributed by atoms with E-state index in [1.807, 2.05) is 12.1 Å². The Bertz CT molecular complexity index is 432. The summed E-state index contributed by atoms with van der Waals surface area (Å²) in [7, 11) is 0. The van der Waals surface area contributed by atoms with Crippen LogP contribution in [0.1, 0.15) is 24.3 Å². The summed E-state index contributed by atoms with van der Waals surface area (Å²) < 4.78 is 0. The Labute approximate surface area is 129 Å². The number of hydrogen-bond acceptors (Lipinski definition) is 3. The zero-order valence-corrected chi connectivity index (χ0v) is 13.1. The van der Waals surface area contributed by atoms with Gasteiger partial charge in [0.2, 0.25) is 0 Å². The lowest BCUT2D eigenvalue weighted by Crippen LogP contribution is -2.42. The van der Waals surface area contributed by atoms with E-state index in [1.165, 1.54) is 12.0 Å². The minimum atomic E-state index is 0. The molecular weight excluding hydrogens is 361 g/mol. The normalized spacial score (nSPS) is 25.5. The minimum Gasteiger partial charge on any atom is -0.356 e. The van der Waals surface area contributed by atoms with Gasteiger partial charge in [-0.15, -0.1) is 24.0 Å². The van der Waals surface area contributed by atoms with Crippen LogP contribution in [0.5, 0.6) is 0 Å². The van der Waals surface area contributed by atoms with Gasteiger partial charge in [-0.1, -0.05) is 23.7 Å². The summed E-state index contributed by atoms with van der Waals surface area (Å²) >= 11 is 5.88. The maximum absolute atomic E-state index is 5.88. The maximum Gasteiger partial charge on any atom is 0.191 e. The first-order chi connectivity index (χ1) is 8.33. The molecule has 18 heavy (non-hydrogen) atoms. The number of nitrogens with one attached hydrogen (secondary N) is 2. The molecule has 0 spiro atoms. The lowest BCUT2D eigenvalue weighted by molar-refractivity contribution is 0.696. The van der Waals surface area contributed by atoms with Crippen LogP contribution in [0, 0.1) is 0 Å². The van der Waals surface area contributed by atoms with Crippen molar-refractivity contribution in [3.8, 4) is 0 Å². The van der Waals surface area contributed by atoms with Crippen molar-refractivity contribution in [3.05, 3.63) is 34.9 Å². The predicted octanol–water partition coefficient (Wildman–Crippen LogP) is 2.75. The molecule has 0 bridgehead atoms. The van der Waals surface area contributed by atoms with E-state index in [4.69, 9.17) is 11.6 Å². The Morgan fingerprint density at radius 3 is 2.72 bits per heavy atom. The fourth-order valence-corrected chi connectivity index (χ4v) is 2.36. The van der Waals surface area contributed by atoms with Gasteiger partial charge in [-0.2, -0.15) is 0 Å². The molecule has 3 rings (SSSR count). The highest BCUT2D eigenvalue weighted by Crippen LogP contribution is 2.40. The van der Waals surface area contributed by atoms with Crippen LogP contribution in [-0.2, 0) is 0 Å². The summed E-state index contributed by atoms with van der Waals surface area (Å²) in [6, 6.07) is 8.68. The molecule has 5 heteroatoms. The molecule has 1 aliphatic carbocycles. The molecule has 1 aromatic carbocycles. The zero-order valence-electron chi connectivity index (χ0n) is 10.0. The average molecular weight is 378 g/mol. The van der Waals surface area contributed by atoms with Gasteiger partial charge >= 0.3 is 0 Å². The van der Waals surface area contributed by atoms with Crippen LogP contribution in [-0.4, -0.2) is 25.1 Å². The van der Waals surface area contributed by atoms with Crippen molar-refractivity contribution in [2.45, 2.75) is 24.8 Å². The molecule has 0 amide bonds. The third-order valence-corrected chi connectivity index (χ3v) is 3.56. The molecule has 3 nitrogen and oxygen atoms in total. The molecule has 2 atom stereocenters. The summed E-state index contributed by atoms with van der Waals surface area (Å²) in [6.07, 6.45) is 2.32. The van der Waals surface area contributed by atoms with E-state index in [1.54, 1.807) is 0 Å². The number of rotatable bonds is 2. The Kier molecular flexibility index (Phi) is 4.72. The van der Waals surface area contributed by atoms with Gasteiger partial charge in [-0.25, -0.2) is 0 Å². The summed E-state index contributed by atoms with van der Waals surface area (Å²) in [5.41, 5.74) is 1.36. The van der Waals surface area contributed by atoms with Crippen LogP contribution >= 0.6 is 35.6 Å². The summed E-state index contributed by atoms with van der Waals surface area (Å²) in [5, 5.41) is 7.55. The number of aliphatic imine (C=N–C) groups is 1. The third-order valence-electron chi connectivity index (χ3n) is 3.31. The van der Waals surface area contributed by atoms with Gasteiger partial charge in [0.1, 0.15) is 0 Å². The maximum atomic E-state index is 5.88. The highest BCUT2D eigenvalue weighted by Gasteiger charge is 2.39. The van der Waals surface area contributed by atoms with Crippen LogP contribution in [0.4, 0.5) is 0 Å². The van der Waals surface area contributed by atoms with Crippen molar-refractivity contribution in [1.82, 2.24) is 10.6 Å². The van der Waals surface area contributed by atoms with Gasteiger partial charge in [0.05, 0.1) is 0 Å². The minimum absolute atomic E-state index is 0. The first-order valence-corrected chi connectivity index (χ1v) is 6.51. The van der Waals surface area contributed by atoms with E-state index in [9.17, 15) is 0 Å². The second kappa shape index (κ2) is 6.10. The molecule has 1 fully saturated rings. The first kappa shape index (κ1) is 13.9. The summed E-state index contributed by atoms with van der Waals surface area (Å²) in [4.78, 5) is 4.43. The fraction of sp³-hybridized carbons (Fsp3) is 0.462. The molecule has 0 aromatic heterocycles. The quantitative estimate of drug-likeness (QED) is 0.778. The molecule has 0 saturated heterocycles. The average Bonchev–Trinajstić information content (AvgIpc) is 3.11. The molecule has 0 radical (unpaired) electrons. The van der Waals surface area contributed by atoms with Crippen LogP contribution in [0.2, 0.25) is 5.02 Å². The molecule has 1 aromatic rings. The smallest absolute Gasteiger partial charge is 0.191 e. The van der Waals surface area contributed by atoms with Crippen molar-refractivity contribution in [2.75, 3.05) is 13.1 Å². The zero-order chi connectivity index (χ0) is 11.7. The third kappa shape index (κ3) is 3.29. The number of hydrogen-bond donors (Lipinski definition) is 2. The van der Waals surface area contributed by atoms with Crippen LogP contribution in [0.15, 0.2) is 29.3 Å². The van der Waals surface area contributed by atoms with Crippen molar-refractivity contribution >= 4 is 41.5 Å². The Balaban J connectivity index is 0.00000120. The van der Waals surface area contributed by atoms with Crippen LogP contribution < -0.4 is 10.6 Å². The van der Waals surface area contributed by atoms with Crippen molar-refractivity contribution in [2.24, 2.45) is 4.99 Å². The van der Waals surface area contributed by atoms with Crippen molar-refractivity contribution < 1.29 is 0 Å². The van der Waals surface area contributed by atoms with E-state index >= 15 is 0 Å². The Hall–Kier alpha value is -0.490. The van der Waals surface area contributed by atoms with Gasteiger partial charge in [-0.3, -0.25) is 4.99 Å². The molecule has 98 valence electrons. The van der Waals surface area contributed by atoms with E-state index in [2.05, 4.69) is 27.8 Å². The topological polar surface area (TPSA) is 36.4 Å². The van der Waals surface area contributed by atoms with Gasteiger partial charge in [-0.05, 0) is 30.5 Å². The molecule has 1 heterocycles. The largest absolute Gasteiger partial charge is 0.356 e.